The Labute approximate surface area is 138 Å². The second-order valence-electron chi connectivity index (χ2n) is 6.26. The number of nitrogens with one attached hydrogen (secondary N) is 1. The van der Waals surface area contributed by atoms with Gasteiger partial charge in [-0.2, -0.15) is 0 Å². The molecule has 1 saturated heterocycles. The van der Waals surface area contributed by atoms with Gasteiger partial charge in [-0.05, 0) is 56.1 Å². The Morgan fingerprint density at radius 3 is 2.43 bits per heavy atom. The van der Waals surface area contributed by atoms with Crippen LogP contribution in [0.4, 0.5) is 0 Å². The van der Waals surface area contributed by atoms with E-state index < -0.39 is 0 Å². The largest absolute Gasteiger partial charge is 0.352 e. The number of rotatable bonds is 5. The van der Waals surface area contributed by atoms with Crippen LogP contribution in [0.5, 0.6) is 0 Å². The van der Waals surface area contributed by atoms with Gasteiger partial charge in [-0.15, -0.1) is 0 Å². The van der Waals surface area contributed by atoms with E-state index in [2.05, 4.69) is 29.4 Å². The van der Waals surface area contributed by atoms with E-state index in [0.717, 1.165) is 24.1 Å². The van der Waals surface area contributed by atoms with Crippen LogP contribution in [0.25, 0.3) is 11.1 Å². The molecule has 2 aromatic rings. The fraction of sp³-hybridized carbons (Fsp3) is 0.350. The Balaban J connectivity index is 1.53. The van der Waals surface area contributed by atoms with Crippen molar-refractivity contribution >= 4 is 5.91 Å². The van der Waals surface area contributed by atoms with E-state index in [9.17, 15) is 4.79 Å². The first kappa shape index (κ1) is 15.8. The van der Waals surface area contributed by atoms with Gasteiger partial charge in [0.2, 0.25) is 0 Å². The minimum absolute atomic E-state index is 0.0188. The number of carbonyl (C=O) groups is 1. The van der Waals surface area contributed by atoms with Crippen molar-refractivity contribution in [1.29, 1.82) is 0 Å². The Morgan fingerprint density at radius 1 is 1.09 bits per heavy atom. The molecule has 0 bridgehead atoms. The van der Waals surface area contributed by atoms with Crippen LogP contribution in [0.3, 0.4) is 0 Å². The first-order valence-corrected chi connectivity index (χ1v) is 8.38. The zero-order chi connectivity index (χ0) is 16.1. The molecule has 1 amide bonds. The molecular formula is C20H24N2O. The highest BCUT2D eigenvalue weighted by atomic mass is 16.1. The molecule has 1 aliphatic heterocycles. The lowest BCUT2D eigenvalue weighted by Gasteiger charge is -2.19. The highest BCUT2D eigenvalue weighted by Crippen LogP contribution is 2.19. The summed E-state index contributed by atoms with van der Waals surface area (Å²) in [5.74, 6) is 0.0188. The number of nitrogens with zero attached hydrogens (tertiary/aromatic N) is 1. The average Bonchev–Trinajstić information content (AvgIpc) is 3.01. The lowest BCUT2D eigenvalue weighted by Crippen LogP contribution is -2.31. The van der Waals surface area contributed by atoms with E-state index in [1.807, 2.05) is 42.5 Å². The third-order valence-electron chi connectivity index (χ3n) is 4.69. The van der Waals surface area contributed by atoms with Crippen molar-refractivity contribution in [2.24, 2.45) is 0 Å². The van der Waals surface area contributed by atoms with E-state index in [4.69, 9.17) is 0 Å². The molecule has 1 unspecified atom stereocenters. The van der Waals surface area contributed by atoms with E-state index in [1.165, 1.54) is 24.9 Å². The second kappa shape index (κ2) is 7.42. The van der Waals surface area contributed by atoms with Crippen molar-refractivity contribution < 1.29 is 4.79 Å². The standard InChI is InChI=1S/C20H24N2O/c1-22-15-5-8-19(22)13-14-21-20(23)18-11-9-17(10-12-18)16-6-3-2-4-7-16/h2-4,6-7,9-12,19H,5,8,13-15H2,1H3,(H,21,23). The minimum atomic E-state index is 0.0188. The smallest absolute Gasteiger partial charge is 0.251 e. The average molecular weight is 308 g/mol. The third-order valence-corrected chi connectivity index (χ3v) is 4.69. The van der Waals surface area contributed by atoms with E-state index >= 15 is 0 Å². The summed E-state index contributed by atoms with van der Waals surface area (Å²) < 4.78 is 0. The molecule has 2 aromatic carbocycles. The van der Waals surface area contributed by atoms with Crippen molar-refractivity contribution in [2.45, 2.75) is 25.3 Å². The quantitative estimate of drug-likeness (QED) is 0.916. The first-order valence-electron chi connectivity index (χ1n) is 8.38. The van der Waals surface area contributed by atoms with Crippen LogP contribution in [0.2, 0.25) is 0 Å². The highest BCUT2D eigenvalue weighted by Gasteiger charge is 2.20. The molecule has 0 aliphatic carbocycles. The van der Waals surface area contributed by atoms with Crippen molar-refractivity contribution in [1.82, 2.24) is 10.2 Å². The summed E-state index contributed by atoms with van der Waals surface area (Å²) >= 11 is 0. The zero-order valence-electron chi connectivity index (χ0n) is 13.7. The van der Waals surface area contributed by atoms with E-state index in [-0.39, 0.29) is 5.91 Å². The molecule has 0 saturated carbocycles. The molecule has 0 spiro atoms. The molecule has 0 radical (unpaired) electrons. The molecule has 120 valence electrons. The molecule has 3 rings (SSSR count). The van der Waals surface area contributed by atoms with Crippen LogP contribution in [0, 0.1) is 0 Å². The summed E-state index contributed by atoms with van der Waals surface area (Å²) in [4.78, 5) is 14.6. The van der Waals surface area contributed by atoms with Gasteiger partial charge in [0.15, 0.2) is 0 Å². The number of benzene rings is 2. The second-order valence-corrected chi connectivity index (χ2v) is 6.26. The summed E-state index contributed by atoms with van der Waals surface area (Å²) in [6.45, 7) is 1.92. The Kier molecular flexibility index (Phi) is 5.09. The van der Waals surface area contributed by atoms with Gasteiger partial charge in [-0.25, -0.2) is 0 Å². The maximum atomic E-state index is 12.2. The lowest BCUT2D eigenvalue weighted by molar-refractivity contribution is 0.0950. The summed E-state index contributed by atoms with van der Waals surface area (Å²) in [5.41, 5.74) is 3.03. The van der Waals surface area contributed by atoms with Gasteiger partial charge >= 0.3 is 0 Å². The molecule has 23 heavy (non-hydrogen) atoms. The van der Waals surface area contributed by atoms with Gasteiger partial charge in [-0.3, -0.25) is 4.79 Å². The summed E-state index contributed by atoms with van der Waals surface area (Å²) in [6, 6.07) is 18.7. The lowest BCUT2D eigenvalue weighted by atomic mass is 10.0. The van der Waals surface area contributed by atoms with E-state index in [1.54, 1.807) is 0 Å². The predicted octanol–water partition coefficient (Wildman–Crippen LogP) is 3.57. The first-order chi connectivity index (χ1) is 11.2. The highest BCUT2D eigenvalue weighted by molar-refractivity contribution is 5.94. The SMILES string of the molecule is CN1CCCC1CCNC(=O)c1ccc(-c2ccccc2)cc1. The Hall–Kier alpha value is -2.13. The fourth-order valence-corrected chi connectivity index (χ4v) is 3.24. The van der Waals surface area contributed by atoms with Gasteiger partial charge in [-0.1, -0.05) is 42.5 Å². The molecule has 1 heterocycles. The zero-order valence-corrected chi connectivity index (χ0v) is 13.7. The summed E-state index contributed by atoms with van der Waals surface area (Å²) in [5, 5.41) is 3.04. The number of hydrogen-bond acceptors (Lipinski definition) is 2. The van der Waals surface area contributed by atoms with Crippen molar-refractivity contribution in [3.05, 3.63) is 60.2 Å². The van der Waals surface area contributed by atoms with E-state index in [0.29, 0.717) is 6.04 Å². The summed E-state index contributed by atoms with van der Waals surface area (Å²) in [7, 11) is 2.17. The summed E-state index contributed by atoms with van der Waals surface area (Å²) in [6.07, 6.45) is 3.55. The molecule has 1 fully saturated rings. The molecule has 1 atom stereocenters. The fourth-order valence-electron chi connectivity index (χ4n) is 3.24. The van der Waals surface area contributed by atoms with Crippen molar-refractivity contribution in [3.8, 4) is 11.1 Å². The Morgan fingerprint density at radius 2 is 1.78 bits per heavy atom. The van der Waals surface area contributed by atoms with Crippen LogP contribution in [-0.4, -0.2) is 37.0 Å². The van der Waals surface area contributed by atoms with Gasteiger partial charge < -0.3 is 10.2 Å². The molecule has 0 aromatic heterocycles. The van der Waals surface area contributed by atoms with Crippen LogP contribution in [0.1, 0.15) is 29.6 Å². The number of amides is 1. The van der Waals surface area contributed by atoms with Gasteiger partial charge in [0.1, 0.15) is 0 Å². The maximum absolute atomic E-state index is 12.2. The molecule has 3 nitrogen and oxygen atoms in total. The predicted molar refractivity (Wildman–Crippen MR) is 94.5 cm³/mol. The molecule has 1 aliphatic rings. The van der Waals surface area contributed by atoms with Crippen LogP contribution < -0.4 is 5.32 Å². The number of carbonyl (C=O) groups excluding carboxylic acids is 1. The third kappa shape index (κ3) is 3.99. The topological polar surface area (TPSA) is 32.3 Å². The number of hydrogen-bond donors (Lipinski definition) is 1. The molecular weight excluding hydrogens is 284 g/mol. The van der Waals surface area contributed by atoms with Crippen LogP contribution in [-0.2, 0) is 0 Å². The minimum Gasteiger partial charge on any atom is -0.352 e. The van der Waals surface area contributed by atoms with Gasteiger partial charge in [0.05, 0.1) is 0 Å². The van der Waals surface area contributed by atoms with Crippen LogP contribution >= 0.6 is 0 Å². The van der Waals surface area contributed by atoms with Gasteiger partial charge in [0, 0.05) is 18.2 Å². The molecule has 3 heteroatoms. The normalized spacial score (nSPS) is 18.0. The van der Waals surface area contributed by atoms with Gasteiger partial charge in [0.25, 0.3) is 5.91 Å². The Bertz CT molecular complexity index is 636. The monoisotopic (exact) mass is 308 g/mol. The van der Waals surface area contributed by atoms with Crippen molar-refractivity contribution in [3.63, 3.8) is 0 Å². The maximum Gasteiger partial charge on any atom is 0.251 e. The molecule has 1 N–H and O–H groups in total. The number of likely N-dealkylation sites (tertiary alicyclic amines) is 1. The van der Waals surface area contributed by atoms with Crippen LogP contribution in [0.15, 0.2) is 54.6 Å². The van der Waals surface area contributed by atoms with Crippen molar-refractivity contribution in [2.75, 3.05) is 20.1 Å².